The minimum absolute atomic E-state index is 0.0896. The van der Waals surface area contributed by atoms with E-state index in [1.54, 1.807) is 18.0 Å². The topological polar surface area (TPSA) is 75.6 Å². The zero-order chi connectivity index (χ0) is 13.8. The number of hydrogen-bond acceptors (Lipinski definition) is 6. The molecule has 0 saturated carbocycles. The summed E-state index contributed by atoms with van der Waals surface area (Å²) in [5, 5.41) is 0. The fourth-order valence-electron chi connectivity index (χ4n) is 1.94. The van der Waals surface area contributed by atoms with Crippen LogP contribution in [0.1, 0.15) is 17.4 Å². The number of anilines is 1. The Morgan fingerprint density at radius 2 is 1.84 bits per heavy atom. The maximum Gasteiger partial charge on any atom is 0.358 e. The standard InChI is InChI=1S/C12H16N4O3/c1-9(17)15-3-5-16(6-4-15)11-8-13-10(7-14-11)12(18)19-2/h7-8H,3-6H2,1-2H3. The van der Waals surface area contributed by atoms with Gasteiger partial charge in [0.15, 0.2) is 5.69 Å². The molecule has 7 heteroatoms. The molecule has 1 fully saturated rings. The van der Waals surface area contributed by atoms with Crippen LogP contribution in [0.2, 0.25) is 0 Å². The summed E-state index contributed by atoms with van der Waals surface area (Å²) >= 11 is 0. The Morgan fingerprint density at radius 3 is 2.32 bits per heavy atom. The van der Waals surface area contributed by atoms with Gasteiger partial charge in [0.2, 0.25) is 5.91 Å². The highest BCUT2D eigenvalue weighted by atomic mass is 16.5. The van der Waals surface area contributed by atoms with Crippen LogP contribution in [-0.4, -0.2) is 60.0 Å². The van der Waals surface area contributed by atoms with Crippen LogP contribution in [0.15, 0.2) is 12.4 Å². The molecule has 0 radical (unpaired) electrons. The zero-order valence-corrected chi connectivity index (χ0v) is 11.0. The molecule has 0 aromatic carbocycles. The molecule has 0 aliphatic carbocycles. The first-order valence-corrected chi connectivity index (χ1v) is 6.02. The molecule has 0 bridgehead atoms. The highest BCUT2D eigenvalue weighted by Crippen LogP contribution is 2.12. The Morgan fingerprint density at radius 1 is 1.16 bits per heavy atom. The molecule has 0 spiro atoms. The van der Waals surface area contributed by atoms with Crippen molar-refractivity contribution < 1.29 is 14.3 Å². The van der Waals surface area contributed by atoms with Crippen LogP contribution in [0, 0.1) is 0 Å². The maximum absolute atomic E-state index is 11.2. The molecule has 1 aromatic heterocycles. The summed E-state index contributed by atoms with van der Waals surface area (Å²) in [7, 11) is 1.30. The largest absolute Gasteiger partial charge is 0.464 e. The quantitative estimate of drug-likeness (QED) is 0.696. The molecule has 0 unspecified atom stereocenters. The van der Waals surface area contributed by atoms with Crippen LogP contribution < -0.4 is 4.90 Å². The SMILES string of the molecule is COC(=O)c1cnc(N2CCN(C(C)=O)CC2)cn1. The number of rotatable bonds is 2. The van der Waals surface area contributed by atoms with E-state index in [1.807, 2.05) is 4.90 Å². The van der Waals surface area contributed by atoms with E-state index in [4.69, 9.17) is 0 Å². The van der Waals surface area contributed by atoms with Crippen LogP contribution in [-0.2, 0) is 9.53 Å². The van der Waals surface area contributed by atoms with Crippen LogP contribution in [0.5, 0.6) is 0 Å². The number of methoxy groups -OCH3 is 1. The average Bonchev–Trinajstić information content (AvgIpc) is 2.46. The monoisotopic (exact) mass is 264 g/mol. The first-order chi connectivity index (χ1) is 9.11. The zero-order valence-electron chi connectivity index (χ0n) is 11.0. The summed E-state index contributed by atoms with van der Waals surface area (Å²) < 4.78 is 4.56. The molecule has 0 atom stereocenters. The first kappa shape index (κ1) is 13.3. The lowest BCUT2D eigenvalue weighted by atomic mass is 10.3. The fourth-order valence-corrected chi connectivity index (χ4v) is 1.94. The van der Waals surface area contributed by atoms with Gasteiger partial charge in [-0.05, 0) is 0 Å². The number of carbonyl (C=O) groups excluding carboxylic acids is 2. The van der Waals surface area contributed by atoms with Crippen molar-refractivity contribution >= 4 is 17.7 Å². The number of aromatic nitrogens is 2. The highest BCUT2D eigenvalue weighted by Gasteiger charge is 2.20. The highest BCUT2D eigenvalue weighted by molar-refractivity contribution is 5.86. The van der Waals surface area contributed by atoms with Gasteiger partial charge >= 0.3 is 5.97 Å². The molecule has 2 rings (SSSR count). The van der Waals surface area contributed by atoms with Crippen molar-refractivity contribution in [1.29, 1.82) is 0 Å². The Bertz CT molecular complexity index is 466. The van der Waals surface area contributed by atoms with Crippen molar-refractivity contribution in [3.8, 4) is 0 Å². The summed E-state index contributed by atoms with van der Waals surface area (Å²) in [6.45, 7) is 4.35. The van der Waals surface area contributed by atoms with Gasteiger partial charge in [0, 0.05) is 33.1 Å². The van der Waals surface area contributed by atoms with Gasteiger partial charge in [0.05, 0.1) is 19.5 Å². The number of ether oxygens (including phenoxy) is 1. The fraction of sp³-hybridized carbons (Fsp3) is 0.500. The van der Waals surface area contributed by atoms with E-state index in [9.17, 15) is 9.59 Å². The second kappa shape index (κ2) is 5.64. The normalized spacial score (nSPS) is 15.3. The van der Waals surface area contributed by atoms with Gasteiger partial charge in [-0.3, -0.25) is 4.79 Å². The van der Waals surface area contributed by atoms with Gasteiger partial charge < -0.3 is 14.5 Å². The maximum atomic E-state index is 11.2. The second-order valence-corrected chi connectivity index (χ2v) is 4.24. The minimum Gasteiger partial charge on any atom is -0.464 e. The number of amides is 1. The molecule has 1 aliphatic rings. The lowest BCUT2D eigenvalue weighted by Gasteiger charge is -2.34. The molecule has 7 nitrogen and oxygen atoms in total. The molecule has 1 aromatic rings. The van der Waals surface area contributed by atoms with Crippen LogP contribution in [0.3, 0.4) is 0 Å². The predicted octanol–water partition coefficient (Wildman–Crippen LogP) is -0.0683. The van der Waals surface area contributed by atoms with Gasteiger partial charge in [-0.1, -0.05) is 0 Å². The van der Waals surface area contributed by atoms with E-state index >= 15 is 0 Å². The van der Waals surface area contributed by atoms with Gasteiger partial charge in [-0.15, -0.1) is 0 Å². The summed E-state index contributed by atoms with van der Waals surface area (Å²) in [6, 6.07) is 0. The summed E-state index contributed by atoms with van der Waals surface area (Å²) in [4.78, 5) is 34.5. The third kappa shape index (κ3) is 2.98. The van der Waals surface area contributed by atoms with Crippen molar-refractivity contribution in [2.45, 2.75) is 6.92 Å². The average molecular weight is 264 g/mol. The Balaban J connectivity index is 2.00. The molecular weight excluding hydrogens is 248 g/mol. The second-order valence-electron chi connectivity index (χ2n) is 4.24. The molecular formula is C12H16N4O3. The van der Waals surface area contributed by atoms with Gasteiger partial charge in [0.25, 0.3) is 0 Å². The number of carbonyl (C=O) groups is 2. The Kier molecular flexibility index (Phi) is 3.94. The predicted molar refractivity (Wildman–Crippen MR) is 67.8 cm³/mol. The van der Waals surface area contributed by atoms with Gasteiger partial charge in [-0.2, -0.15) is 0 Å². The van der Waals surface area contributed by atoms with Crippen molar-refractivity contribution in [1.82, 2.24) is 14.9 Å². The van der Waals surface area contributed by atoms with Crippen LogP contribution in [0.25, 0.3) is 0 Å². The van der Waals surface area contributed by atoms with E-state index in [-0.39, 0.29) is 11.6 Å². The smallest absolute Gasteiger partial charge is 0.358 e. The number of nitrogens with zero attached hydrogens (tertiary/aromatic N) is 4. The van der Waals surface area contributed by atoms with Crippen molar-refractivity contribution in [2.75, 3.05) is 38.2 Å². The molecule has 19 heavy (non-hydrogen) atoms. The molecule has 1 aliphatic heterocycles. The number of esters is 1. The van der Waals surface area contributed by atoms with E-state index in [0.29, 0.717) is 32.0 Å². The lowest BCUT2D eigenvalue weighted by molar-refractivity contribution is -0.129. The molecule has 0 N–H and O–H groups in total. The van der Waals surface area contributed by atoms with Crippen LogP contribution >= 0.6 is 0 Å². The molecule has 1 amide bonds. The van der Waals surface area contributed by atoms with E-state index in [0.717, 1.165) is 0 Å². The third-order valence-corrected chi connectivity index (χ3v) is 3.08. The lowest BCUT2D eigenvalue weighted by Crippen LogP contribution is -2.48. The van der Waals surface area contributed by atoms with Gasteiger partial charge in [0.1, 0.15) is 5.82 Å². The van der Waals surface area contributed by atoms with E-state index in [2.05, 4.69) is 14.7 Å². The van der Waals surface area contributed by atoms with E-state index in [1.165, 1.54) is 13.3 Å². The van der Waals surface area contributed by atoms with Crippen molar-refractivity contribution in [2.24, 2.45) is 0 Å². The summed E-state index contributed by atoms with van der Waals surface area (Å²) in [5.74, 6) is 0.295. The number of piperazine rings is 1. The minimum atomic E-state index is -0.500. The van der Waals surface area contributed by atoms with E-state index < -0.39 is 5.97 Å². The molecule has 102 valence electrons. The van der Waals surface area contributed by atoms with Gasteiger partial charge in [-0.25, -0.2) is 14.8 Å². The van der Waals surface area contributed by atoms with Crippen LogP contribution in [0.4, 0.5) is 5.82 Å². The Hall–Kier alpha value is -2.18. The Labute approximate surface area is 111 Å². The third-order valence-electron chi connectivity index (χ3n) is 3.08. The summed E-state index contributed by atoms with van der Waals surface area (Å²) in [5.41, 5.74) is 0.189. The van der Waals surface area contributed by atoms with Crippen molar-refractivity contribution in [3.63, 3.8) is 0 Å². The number of hydrogen-bond donors (Lipinski definition) is 0. The molecule has 1 saturated heterocycles. The molecule has 2 heterocycles. The van der Waals surface area contributed by atoms with Crippen molar-refractivity contribution in [3.05, 3.63) is 18.1 Å². The summed E-state index contributed by atoms with van der Waals surface area (Å²) in [6.07, 6.45) is 2.95. The first-order valence-electron chi connectivity index (χ1n) is 6.02.